The van der Waals surface area contributed by atoms with E-state index in [0.717, 1.165) is 19.3 Å². The van der Waals surface area contributed by atoms with E-state index in [0.29, 0.717) is 12.3 Å². The fraction of sp³-hybridized carbons (Fsp3) is 0.895. The zero-order valence-corrected chi connectivity index (χ0v) is 16.0. The number of rotatable bonds is 4. The summed E-state index contributed by atoms with van der Waals surface area (Å²) in [5, 5.41) is 8.76. The molecule has 0 aromatic carbocycles. The molecule has 1 N–H and O–H groups in total. The third kappa shape index (κ3) is 3.06. The molecule has 0 amide bonds. The minimum absolute atomic E-state index is 0.0670. The van der Waals surface area contributed by atoms with Crippen LogP contribution < -0.4 is 0 Å². The number of carboxylic acid groups (broad SMARTS) is 1. The van der Waals surface area contributed by atoms with Gasteiger partial charge in [0, 0.05) is 18.3 Å². The van der Waals surface area contributed by atoms with Gasteiger partial charge in [-0.05, 0) is 38.0 Å². The van der Waals surface area contributed by atoms with E-state index >= 15 is 0 Å². The van der Waals surface area contributed by atoms with E-state index in [4.69, 9.17) is 29.1 Å². The number of carbonyl (C=O) groups excluding carboxylic acids is 1. The Bertz CT molecular complexity index is 623. The van der Waals surface area contributed by atoms with E-state index in [1.165, 1.54) is 0 Å². The molecular formula is C19H28O8. The van der Waals surface area contributed by atoms with Gasteiger partial charge in [0.05, 0.1) is 12.8 Å². The Morgan fingerprint density at radius 2 is 1.89 bits per heavy atom. The summed E-state index contributed by atoms with van der Waals surface area (Å²) in [6.45, 7) is 6.06. The molecule has 5 aliphatic rings. The first-order valence-electron chi connectivity index (χ1n) is 9.86. The van der Waals surface area contributed by atoms with Crippen LogP contribution in [0.5, 0.6) is 0 Å². The maximum Gasteiger partial charge on any atom is 0.308 e. The van der Waals surface area contributed by atoms with Crippen molar-refractivity contribution in [3.63, 3.8) is 0 Å². The molecule has 5 rings (SSSR count). The maximum absolute atomic E-state index is 12.1. The lowest BCUT2D eigenvalue weighted by molar-refractivity contribution is -0.576. The first kappa shape index (κ1) is 19.1. The second kappa shape index (κ2) is 6.69. The van der Waals surface area contributed by atoms with Crippen LogP contribution in [-0.2, 0) is 33.6 Å². The van der Waals surface area contributed by atoms with Crippen LogP contribution in [0.3, 0.4) is 0 Å². The van der Waals surface area contributed by atoms with Gasteiger partial charge in [-0.1, -0.05) is 13.8 Å². The third-order valence-electron chi connectivity index (χ3n) is 6.89. The molecule has 4 heterocycles. The van der Waals surface area contributed by atoms with Gasteiger partial charge < -0.3 is 19.3 Å². The number of esters is 1. The molecule has 27 heavy (non-hydrogen) atoms. The van der Waals surface area contributed by atoms with Gasteiger partial charge in [0.15, 0.2) is 11.9 Å². The molecule has 8 heteroatoms. The zero-order chi connectivity index (χ0) is 19.4. The predicted octanol–water partition coefficient (Wildman–Crippen LogP) is 2.60. The Hall–Kier alpha value is -1.22. The van der Waals surface area contributed by atoms with Gasteiger partial charge in [-0.15, -0.1) is 0 Å². The van der Waals surface area contributed by atoms with Crippen LogP contribution in [0.1, 0.15) is 59.3 Å². The smallest absolute Gasteiger partial charge is 0.308 e. The lowest BCUT2D eigenvalue weighted by Gasteiger charge is -2.59. The molecule has 4 aliphatic heterocycles. The molecule has 0 aromatic heterocycles. The molecule has 8 atom stereocenters. The van der Waals surface area contributed by atoms with Crippen molar-refractivity contribution in [1.29, 1.82) is 0 Å². The minimum atomic E-state index is -1.03. The van der Waals surface area contributed by atoms with Crippen molar-refractivity contribution in [2.75, 3.05) is 0 Å². The molecule has 4 saturated heterocycles. The molecule has 2 bridgehead atoms. The fourth-order valence-corrected chi connectivity index (χ4v) is 5.40. The molecule has 5 fully saturated rings. The largest absolute Gasteiger partial charge is 0.481 e. The molecule has 5 unspecified atom stereocenters. The topological polar surface area (TPSA) is 101 Å². The summed E-state index contributed by atoms with van der Waals surface area (Å²) in [5.74, 6) is -1.82. The third-order valence-corrected chi connectivity index (χ3v) is 6.89. The Kier molecular flexibility index (Phi) is 4.73. The Labute approximate surface area is 158 Å². The Morgan fingerprint density at radius 3 is 2.63 bits per heavy atom. The van der Waals surface area contributed by atoms with Gasteiger partial charge in [-0.25, -0.2) is 9.78 Å². The van der Waals surface area contributed by atoms with Crippen LogP contribution in [0.25, 0.3) is 0 Å². The lowest BCUT2D eigenvalue weighted by atomic mass is 9.58. The Balaban J connectivity index is 1.58. The predicted molar refractivity (Wildman–Crippen MR) is 89.8 cm³/mol. The average Bonchev–Trinajstić information content (AvgIpc) is 2.84. The van der Waals surface area contributed by atoms with Crippen molar-refractivity contribution in [1.82, 2.24) is 0 Å². The normalized spacial score (nSPS) is 48.4. The number of carbonyl (C=O) groups is 2. The van der Waals surface area contributed by atoms with Crippen LogP contribution in [0, 0.1) is 23.7 Å². The van der Waals surface area contributed by atoms with Crippen molar-refractivity contribution >= 4 is 11.9 Å². The van der Waals surface area contributed by atoms with Crippen molar-refractivity contribution in [3.05, 3.63) is 0 Å². The van der Waals surface area contributed by atoms with Gasteiger partial charge in [0.25, 0.3) is 0 Å². The summed E-state index contributed by atoms with van der Waals surface area (Å²) in [7, 11) is 0. The highest BCUT2D eigenvalue weighted by Crippen LogP contribution is 2.60. The van der Waals surface area contributed by atoms with Crippen LogP contribution in [-0.4, -0.2) is 41.0 Å². The molecule has 0 radical (unpaired) electrons. The molecular weight excluding hydrogens is 356 g/mol. The first-order chi connectivity index (χ1) is 12.7. The van der Waals surface area contributed by atoms with Crippen molar-refractivity contribution < 1.29 is 38.7 Å². The second-order valence-electron chi connectivity index (χ2n) is 8.66. The van der Waals surface area contributed by atoms with Crippen molar-refractivity contribution in [3.8, 4) is 0 Å². The summed E-state index contributed by atoms with van der Waals surface area (Å²) in [4.78, 5) is 34.5. The minimum Gasteiger partial charge on any atom is -0.481 e. The number of ether oxygens (including phenoxy) is 3. The monoisotopic (exact) mass is 384 g/mol. The van der Waals surface area contributed by atoms with Crippen LogP contribution in [0.4, 0.5) is 0 Å². The van der Waals surface area contributed by atoms with Gasteiger partial charge in [-0.2, -0.15) is 0 Å². The van der Waals surface area contributed by atoms with E-state index in [1.807, 2.05) is 13.8 Å². The summed E-state index contributed by atoms with van der Waals surface area (Å²) >= 11 is 0. The SMILES string of the molecule is CC1CCC2[C@@H](C)C(OC(=O)CCC(=O)O)OC3O[C@@]4(C)CCC1[C@]32OO4. The molecule has 0 aromatic rings. The summed E-state index contributed by atoms with van der Waals surface area (Å²) < 4.78 is 17.8. The average molecular weight is 384 g/mol. The van der Waals surface area contributed by atoms with E-state index < -0.39 is 35.9 Å². The molecule has 1 aliphatic carbocycles. The number of hydrogen-bond acceptors (Lipinski definition) is 7. The van der Waals surface area contributed by atoms with Crippen LogP contribution >= 0.6 is 0 Å². The Morgan fingerprint density at radius 1 is 1.11 bits per heavy atom. The van der Waals surface area contributed by atoms with E-state index in [2.05, 4.69) is 6.92 Å². The van der Waals surface area contributed by atoms with Crippen LogP contribution in [0.15, 0.2) is 0 Å². The standard InChI is InChI=1S/C19H28O8/c1-10-4-5-13-11(2)16(23-15(22)7-6-14(20)21)24-17-19(13)12(10)8-9-18(3,25-17)26-27-19/h10-13,16-17H,4-9H2,1-3H3,(H,20,21)/t10?,11-,12?,13?,16?,17?,18-,19-/m1/s1. The van der Waals surface area contributed by atoms with Crippen molar-refractivity contribution in [2.45, 2.75) is 83.3 Å². The zero-order valence-electron chi connectivity index (χ0n) is 16.0. The first-order valence-corrected chi connectivity index (χ1v) is 9.86. The van der Waals surface area contributed by atoms with Gasteiger partial charge >= 0.3 is 11.9 Å². The molecule has 1 saturated carbocycles. The number of carboxylic acids is 1. The summed E-state index contributed by atoms with van der Waals surface area (Å²) in [6, 6.07) is 0. The van der Waals surface area contributed by atoms with E-state index in [9.17, 15) is 9.59 Å². The number of aliphatic carboxylic acids is 1. The maximum atomic E-state index is 12.1. The van der Waals surface area contributed by atoms with E-state index in [1.54, 1.807) is 0 Å². The lowest BCUT2D eigenvalue weighted by Crippen LogP contribution is -2.70. The summed E-state index contributed by atoms with van der Waals surface area (Å²) in [6.07, 6.45) is 1.72. The van der Waals surface area contributed by atoms with E-state index in [-0.39, 0.29) is 30.6 Å². The van der Waals surface area contributed by atoms with Crippen LogP contribution in [0.2, 0.25) is 0 Å². The number of hydrogen-bond donors (Lipinski definition) is 1. The molecule has 152 valence electrons. The fourth-order valence-electron chi connectivity index (χ4n) is 5.40. The molecule has 1 spiro atoms. The quantitative estimate of drug-likeness (QED) is 0.583. The van der Waals surface area contributed by atoms with Crippen molar-refractivity contribution in [2.24, 2.45) is 23.7 Å². The highest BCUT2D eigenvalue weighted by molar-refractivity contribution is 5.76. The highest BCUT2D eigenvalue weighted by Gasteiger charge is 2.69. The summed E-state index contributed by atoms with van der Waals surface area (Å²) in [5.41, 5.74) is -0.697. The van der Waals surface area contributed by atoms with Gasteiger partial charge in [0.1, 0.15) is 0 Å². The molecule has 8 nitrogen and oxygen atoms in total. The highest BCUT2D eigenvalue weighted by atomic mass is 17.3. The van der Waals surface area contributed by atoms with Gasteiger partial charge in [-0.3, -0.25) is 9.59 Å². The second-order valence-corrected chi connectivity index (χ2v) is 8.66. The number of fused-ring (bicyclic) bond motifs is 2. The van der Waals surface area contributed by atoms with Gasteiger partial charge in [0.2, 0.25) is 12.1 Å².